The van der Waals surface area contributed by atoms with E-state index in [4.69, 9.17) is 9.47 Å². The number of methoxy groups -OCH3 is 1. The van der Waals surface area contributed by atoms with Crippen LogP contribution in [0.5, 0.6) is 5.75 Å². The molecule has 2 heterocycles. The SMILES string of the molecule is COc1cccc(-c2cccc(CC3(C(=O)NCCn4ccnc4)CCOCC3)c2)c1. The summed E-state index contributed by atoms with van der Waals surface area (Å²) < 4.78 is 12.9. The molecule has 0 aliphatic carbocycles. The van der Waals surface area contributed by atoms with Crippen LogP contribution in [-0.2, 0) is 22.5 Å². The molecule has 2 aromatic carbocycles. The number of nitrogens with one attached hydrogen (secondary N) is 1. The Bertz CT molecular complexity index is 995. The third-order valence-corrected chi connectivity index (χ3v) is 6.02. The lowest BCUT2D eigenvalue weighted by molar-refractivity contribution is -0.136. The molecule has 0 atom stereocenters. The third-order valence-electron chi connectivity index (χ3n) is 6.02. The number of amides is 1. The summed E-state index contributed by atoms with van der Waals surface area (Å²) >= 11 is 0. The molecule has 1 N–H and O–H groups in total. The Kier molecular flexibility index (Phi) is 6.67. The molecule has 1 aromatic heterocycles. The van der Waals surface area contributed by atoms with E-state index in [-0.39, 0.29) is 5.91 Å². The molecule has 3 aromatic rings. The molecular weight excluding hydrogens is 390 g/mol. The number of benzene rings is 2. The van der Waals surface area contributed by atoms with Gasteiger partial charge in [0.1, 0.15) is 5.75 Å². The van der Waals surface area contributed by atoms with Crippen LogP contribution in [0.3, 0.4) is 0 Å². The first-order valence-corrected chi connectivity index (χ1v) is 10.7. The normalized spacial score (nSPS) is 15.4. The number of hydrogen-bond donors (Lipinski definition) is 1. The second-order valence-corrected chi connectivity index (χ2v) is 8.06. The molecule has 0 spiro atoms. The van der Waals surface area contributed by atoms with Gasteiger partial charge in [0.25, 0.3) is 0 Å². The van der Waals surface area contributed by atoms with Gasteiger partial charge < -0.3 is 19.4 Å². The fourth-order valence-electron chi connectivity index (χ4n) is 4.21. The molecule has 0 unspecified atom stereocenters. The zero-order valence-electron chi connectivity index (χ0n) is 17.9. The van der Waals surface area contributed by atoms with Gasteiger partial charge in [0.05, 0.1) is 18.9 Å². The Morgan fingerprint density at radius 1 is 1.16 bits per heavy atom. The van der Waals surface area contributed by atoms with E-state index < -0.39 is 5.41 Å². The molecule has 31 heavy (non-hydrogen) atoms. The molecule has 162 valence electrons. The number of aromatic nitrogens is 2. The van der Waals surface area contributed by atoms with Crippen molar-refractivity contribution in [1.29, 1.82) is 0 Å². The molecule has 6 heteroatoms. The highest BCUT2D eigenvalue weighted by Crippen LogP contribution is 2.36. The maximum absolute atomic E-state index is 13.3. The average molecular weight is 420 g/mol. The lowest BCUT2D eigenvalue weighted by atomic mass is 9.74. The third kappa shape index (κ3) is 5.14. The molecule has 1 amide bonds. The van der Waals surface area contributed by atoms with E-state index >= 15 is 0 Å². The summed E-state index contributed by atoms with van der Waals surface area (Å²) in [6, 6.07) is 16.5. The van der Waals surface area contributed by atoms with Crippen LogP contribution in [0.4, 0.5) is 0 Å². The van der Waals surface area contributed by atoms with Crippen molar-refractivity contribution in [3.05, 3.63) is 72.8 Å². The number of hydrogen-bond acceptors (Lipinski definition) is 4. The van der Waals surface area contributed by atoms with Crippen molar-refractivity contribution in [3.8, 4) is 16.9 Å². The molecule has 1 fully saturated rings. The van der Waals surface area contributed by atoms with E-state index in [0.717, 1.165) is 35.3 Å². The summed E-state index contributed by atoms with van der Waals surface area (Å²) in [7, 11) is 1.68. The van der Waals surface area contributed by atoms with Crippen molar-refractivity contribution >= 4 is 5.91 Å². The van der Waals surface area contributed by atoms with Crippen molar-refractivity contribution < 1.29 is 14.3 Å². The van der Waals surface area contributed by atoms with Crippen LogP contribution in [0.15, 0.2) is 67.3 Å². The predicted octanol–water partition coefficient (Wildman–Crippen LogP) is 3.71. The summed E-state index contributed by atoms with van der Waals surface area (Å²) in [6.45, 7) is 2.53. The van der Waals surface area contributed by atoms with Crippen molar-refractivity contribution in [2.45, 2.75) is 25.8 Å². The van der Waals surface area contributed by atoms with Crippen molar-refractivity contribution in [3.63, 3.8) is 0 Å². The molecule has 1 saturated heterocycles. The van der Waals surface area contributed by atoms with Gasteiger partial charge in [-0.15, -0.1) is 0 Å². The monoisotopic (exact) mass is 419 g/mol. The van der Waals surface area contributed by atoms with Crippen molar-refractivity contribution in [1.82, 2.24) is 14.9 Å². The Labute approximate surface area is 183 Å². The van der Waals surface area contributed by atoms with E-state index in [2.05, 4.69) is 40.6 Å². The van der Waals surface area contributed by atoms with Gasteiger partial charge in [0.2, 0.25) is 5.91 Å². The molecule has 0 radical (unpaired) electrons. The Morgan fingerprint density at radius 3 is 2.68 bits per heavy atom. The van der Waals surface area contributed by atoms with Crippen LogP contribution in [0.1, 0.15) is 18.4 Å². The summed E-state index contributed by atoms with van der Waals surface area (Å²) in [6.07, 6.45) is 7.57. The number of carbonyl (C=O) groups excluding carboxylic acids is 1. The van der Waals surface area contributed by atoms with Gasteiger partial charge in [-0.2, -0.15) is 0 Å². The maximum atomic E-state index is 13.3. The maximum Gasteiger partial charge on any atom is 0.226 e. The van der Waals surface area contributed by atoms with Gasteiger partial charge in [0, 0.05) is 38.7 Å². The van der Waals surface area contributed by atoms with Crippen LogP contribution >= 0.6 is 0 Å². The van der Waals surface area contributed by atoms with Gasteiger partial charge >= 0.3 is 0 Å². The first-order valence-electron chi connectivity index (χ1n) is 10.7. The lowest BCUT2D eigenvalue weighted by Gasteiger charge is -2.36. The minimum atomic E-state index is -0.444. The summed E-state index contributed by atoms with van der Waals surface area (Å²) in [5.74, 6) is 0.948. The number of imidazole rings is 1. The van der Waals surface area contributed by atoms with Gasteiger partial charge in [-0.05, 0) is 48.1 Å². The zero-order valence-corrected chi connectivity index (χ0v) is 17.9. The number of rotatable bonds is 8. The first-order chi connectivity index (χ1) is 15.2. The van der Waals surface area contributed by atoms with Gasteiger partial charge in [-0.1, -0.05) is 36.4 Å². The van der Waals surface area contributed by atoms with Crippen LogP contribution < -0.4 is 10.1 Å². The highest BCUT2D eigenvalue weighted by Gasteiger charge is 2.39. The van der Waals surface area contributed by atoms with Crippen LogP contribution in [0, 0.1) is 5.41 Å². The highest BCUT2D eigenvalue weighted by molar-refractivity contribution is 5.83. The Balaban J connectivity index is 1.50. The van der Waals surface area contributed by atoms with Crippen LogP contribution in [0.2, 0.25) is 0 Å². The van der Waals surface area contributed by atoms with E-state index in [1.807, 2.05) is 29.0 Å². The molecule has 6 nitrogen and oxygen atoms in total. The minimum Gasteiger partial charge on any atom is -0.497 e. The number of ether oxygens (including phenoxy) is 2. The smallest absolute Gasteiger partial charge is 0.226 e. The Hall–Kier alpha value is -3.12. The molecule has 4 rings (SSSR count). The van der Waals surface area contributed by atoms with E-state index in [0.29, 0.717) is 32.7 Å². The first kappa shape index (κ1) is 21.1. The van der Waals surface area contributed by atoms with E-state index in [1.54, 1.807) is 19.6 Å². The van der Waals surface area contributed by atoms with Crippen LogP contribution in [-0.4, -0.2) is 42.3 Å². The summed E-state index contributed by atoms with van der Waals surface area (Å²) in [5, 5.41) is 3.15. The Morgan fingerprint density at radius 2 is 1.94 bits per heavy atom. The fraction of sp³-hybridized carbons (Fsp3) is 0.360. The highest BCUT2D eigenvalue weighted by atomic mass is 16.5. The quantitative estimate of drug-likeness (QED) is 0.604. The zero-order chi connectivity index (χ0) is 21.5. The van der Waals surface area contributed by atoms with Gasteiger partial charge in [-0.3, -0.25) is 4.79 Å². The molecular formula is C25H29N3O3. The van der Waals surface area contributed by atoms with Gasteiger partial charge in [-0.25, -0.2) is 4.98 Å². The molecule has 0 bridgehead atoms. The average Bonchev–Trinajstić information content (AvgIpc) is 3.33. The fourth-order valence-corrected chi connectivity index (χ4v) is 4.21. The lowest BCUT2D eigenvalue weighted by Crippen LogP contribution is -2.46. The standard InChI is InChI=1S/C25H29N3O3/c1-30-23-7-3-6-22(17-23)21-5-2-4-20(16-21)18-25(8-14-31-15-9-25)24(29)27-11-13-28-12-10-26-19-28/h2-7,10,12,16-17,19H,8-9,11,13-15,18H2,1H3,(H,27,29). The summed E-state index contributed by atoms with van der Waals surface area (Å²) in [4.78, 5) is 17.3. The molecule has 1 aliphatic rings. The molecule has 1 aliphatic heterocycles. The molecule has 0 saturated carbocycles. The van der Waals surface area contributed by atoms with E-state index in [9.17, 15) is 4.79 Å². The van der Waals surface area contributed by atoms with Gasteiger partial charge in [0.15, 0.2) is 0 Å². The number of nitrogens with zero attached hydrogens (tertiary/aromatic N) is 2. The van der Waals surface area contributed by atoms with E-state index in [1.165, 1.54) is 0 Å². The summed E-state index contributed by atoms with van der Waals surface area (Å²) in [5.41, 5.74) is 2.94. The predicted molar refractivity (Wildman–Crippen MR) is 120 cm³/mol. The topological polar surface area (TPSA) is 65.4 Å². The largest absolute Gasteiger partial charge is 0.497 e. The van der Waals surface area contributed by atoms with Crippen LogP contribution in [0.25, 0.3) is 11.1 Å². The number of carbonyl (C=O) groups is 1. The minimum absolute atomic E-state index is 0.114. The second-order valence-electron chi connectivity index (χ2n) is 8.06. The van der Waals surface area contributed by atoms with Crippen molar-refractivity contribution in [2.75, 3.05) is 26.9 Å². The second kappa shape index (κ2) is 9.79. The van der Waals surface area contributed by atoms with Crippen molar-refractivity contribution in [2.24, 2.45) is 5.41 Å².